The minimum absolute atomic E-state index is 0.326. The number of methoxy groups -OCH3 is 1. The number of benzene rings is 1. The third-order valence-electron chi connectivity index (χ3n) is 4.03. The Hall–Kier alpha value is -1.06. The van der Waals surface area contributed by atoms with Gasteiger partial charge in [-0.15, -0.1) is 0 Å². The lowest BCUT2D eigenvalue weighted by Crippen LogP contribution is -2.41. The predicted octanol–water partition coefficient (Wildman–Crippen LogP) is 2.44. The van der Waals surface area contributed by atoms with Crippen molar-refractivity contribution in [1.82, 2.24) is 10.2 Å². The Morgan fingerprint density at radius 2 is 2.11 bits per heavy atom. The number of nitrogens with one attached hydrogen (secondary N) is 1. The molecule has 18 heavy (non-hydrogen) atoms. The van der Waals surface area contributed by atoms with Gasteiger partial charge in [-0.2, -0.15) is 0 Å². The summed E-state index contributed by atoms with van der Waals surface area (Å²) in [6.07, 6.45) is 4.08. The summed E-state index contributed by atoms with van der Waals surface area (Å²) in [5.74, 6) is 0.971. The summed E-state index contributed by atoms with van der Waals surface area (Å²) in [4.78, 5) is 2.47. The Bertz CT molecular complexity index is 377. The summed E-state index contributed by atoms with van der Waals surface area (Å²) in [5, 5.41) is 3.41. The number of nitrogens with zero attached hydrogens (tertiary/aromatic N) is 1. The molecule has 0 amide bonds. The number of likely N-dealkylation sites (N-methyl/N-ethyl adjacent to an activating group) is 2. The smallest absolute Gasteiger partial charge is 0.123 e. The van der Waals surface area contributed by atoms with E-state index < -0.39 is 0 Å². The van der Waals surface area contributed by atoms with Gasteiger partial charge in [0.2, 0.25) is 0 Å². The molecular formula is C15H24N2O. The fourth-order valence-corrected chi connectivity index (χ4v) is 2.56. The molecule has 1 unspecified atom stereocenters. The van der Waals surface area contributed by atoms with E-state index in [9.17, 15) is 0 Å². The van der Waals surface area contributed by atoms with Crippen molar-refractivity contribution in [2.45, 2.75) is 31.3 Å². The second-order valence-electron chi connectivity index (χ2n) is 5.11. The van der Waals surface area contributed by atoms with Crippen LogP contribution in [0.5, 0.6) is 5.75 Å². The fraction of sp³-hybridized carbons (Fsp3) is 0.600. The normalized spacial score (nSPS) is 17.6. The molecule has 0 heterocycles. The molecule has 1 aliphatic carbocycles. The van der Waals surface area contributed by atoms with Gasteiger partial charge in [0.25, 0.3) is 0 Å². The summed E-state index contributed by atoms with van der Waals surface area (Å²) in [7, 11) is 5.98. The first kappa shape index (κ1) is 13.4. The molecule has 0 spiro atoms. The zero-order valence-corrected chi connectivity index (χ0v) is 11.6. The number of para-hydroxylation sites is 1. The summed E-state index contributed by atoms with van der Waals surface area (Å²) in [6.45, 7) is 1.03. The van der Waals surface area contributed by atoms with Crippen LogP contribution in [0.4, 0.5) is 0 Å². The average molecular weight is 248 g/mol. The quantitative estimate of drug-likeness (QED) is 0.837. The highest BCUT2D eigenvalue weighted by Crippen LogP contribution is 2.28. The van der Waals surface area contributed by atoms with Crippen molar-refractivity contribution >= 4 is 0 Å². The predicted molar refractivity (Wildman–Crippen MR) is 75.1 cm³/mol. The van der Waals surface area contributed by atoms with Crippen LogP contribution >= 0.6 is 0 Å². The van der Waals surface area contributed by atoms with Crippen LogP contribution < -0.4 is 10.1 Å². The highest BCUT2D eigenvalue weighted by atomic mass is 16.5. The molecule has 0 saturated heterocycles. The lowest BCUT2D eigenvalue weighted by Gasteiger charge is -2.37. The minimum atomic E-state index is 0.326. The molecule has 3 heteroatoms. The van der Waals surface area contributed by atoms with Crippen LogP contribution in [-0.4, -0.2) is 38.7 Å². The lowest BCUT2D eigenvalue weighted by atomic mass is 9.91. The third-order valence-corrected chi connectivity index (χ3v) is 4.03. The Kier molecular flexibility index (Phi) is 4.61. The molecule has 1 atom stereocenters. The standard InChI is InChI=1S/C15H24N2O/c1-16-14(11-17(2)12-7-6-8-12)13-9-4-5-10-15(13)18-3/h4-5,9-10,12,14,16H,6-8,11H2,1-3H3. The Labute approximate surface area is 110 Å². The molecule has 1 aliphatic rings. The van der Waals surface area contributed by atoms with Crippen molar-refractivity contribution in [3.63, 3.8) is 0 Å². The van der Waals surface area contributed by atoms with Crippen LogP contribution in [-0.2, 0) is 0 Å². The van der Waals surface area contributed by atoms with Gasteiger partial charge in [0.1, 0.15) is 5.75 Å². The van der Waals surface area contributed by atoms with Crippen LogP contribution in [0.1, 0.15) is 30.9 Å². The number of rotatable bonds is 6. The van der Waals surface area contributed by atoms with Gasteiger partial charge in [-0.3, -0.25) is 0 Å². The largest absolute Gasteiger partial charge is 0.496 e. The third kappa shape index (κ3) is 2.85. The van der Waals surface area contributed by atoms with Crippen molar-refractivity contribution in [3.8, 4) is 5.75 Å². The lowest BCUT2D eigenvalue weighted by molar-refractivity contribution is 0.146. The van der Waals surface area contributed by atoms with Gasteiger partial charge in [0.05, 0.1) is 7.11 Å². The molecule has 0 radical (unpaired) electrons. The Morgan fingerprint density at radius 1 is 1.39 bits per heavy atom. The van der Waals surface area contributed by atoms with Gasteiger partial charge in [-0.1, -0.05) is 24.6 Å². The minimum Gasteiger partial charge on any atom is -0.496 e. The van der Waals surface area contributed by atoms with E-state index >= 15 is 0 Å². The molecule has 0 bridgehead atoms. The molecule has 1 fully saturated rings. The van der Waals surface area contributed by atoms with E-state index in [0.29, 0.717) is 6.04 Å². The van der Waals surface area contributed by atoms with Gasteiger partial charge in [-0.25, -0.2) is 0 Å². The maximum atomic E-state index is 5.45. The van der Waals surface area contributed by atoms with E-state index in [4.69, 9.17) is 4.74 Å². The molecule has 0 aliphatic heterocycles. The van der Waals surface area contributed by atoms with Gasteiger partial charge in [-0.05, 0) is 33.0 Å². The SMILES string of the molecule is CNC(CN(C)C1CCC1)c1ccccc1OC. The topological polar surface area (TPSA) is 24.5 Å². The van der Waals surface area contributed by atoms with Crippen molar-refractivity contribution in [1.29, 1.82) is 0 Å². The van der Waals surface area contributed by atoms with Gasteiger partial charge < -0.3 is 15.0 Å². The first-order valence-electron chi connectivity index (χ1n) is 6.76. The molecule has 1 aromatic rings. The first-order chi connectivity index (χ1) is 8.76. The molecule has 1 saturated carbocycles. The summed E-state index contributed by atoms with van der Waals surface area (Å²) < 4.78 is 5.45. The molecular weight excluding hydrogens is 224 g/mol. The molecule has 3 nitrogen and oxygen atoms in total. The number of hydrogen-bond donors (Lipinski definition) is 1. The molecule has 1 aromatic carbocycles. The highest BCUT2D eigenvalue weighted by molar-refractivity contribution is 5.36. The molecule has 2 rings (SSSR count). The highest BCUT2D eigenvalue weighted by Gasteiger charge is 2.25. The Balaban J connectivity index is 2.06. The van der Waals surface area contributed by atoms with Gasteiger partial charge in [0.15, 0.2) is 0 Å². The number of ether oxygens (including phenoxy) is 1. The van der Waals surface area contributed by atoms with Crippen LogP contribution in [0, 0.1) is 0 Å². The average Bonchev–Trinajstić information content (AvgIpc) is 2.34. The monoisotopic (exact) mass is 248 g/mol. The molecule has 0 aromatic heterocycles. The van der Waals surface area contributed by atoms with E-state index in [1.54, 1.807) is 7.11 Å². The van der Waals surface area contributed by atoms with Crippen molar-refractivity contribution < 1.29 is 4.74 Å². The van der Waals surface area contributed by atoms with Crippen molar-refractivity contribution in [3.05, 3.63) is 29.8 Å². The van der Waals surface area contributed by atoms with Crippen molar-refractivity contribution in [2.24, 2.45) is 0 Å². The van der Waals surface area contributed by atoms with Crippen LogP contribution in [0.2, 0.25) is 0 Å². The maximum Gasteiger partial charge on any atom is 0.123 e. The van der Waals surface area contributed by atoms with E-state index in [1.165, 1.54) is 24.8 Å². The summed E-state index contributed by atoms with van der Waals surface area (Å²) >= 11 is 0. The second kappa shape index (κ2) is 6.21. The zero-order valence-electron chi connectivity index (χ0n) is 11.6. The summed E-state index contributed by atoms with van der Waals surface area (Å²) in [6, 6.07) is 9.37. The summed E-state index contributed by atoms with van der Waals surface area (Å²) in [5.41, 5.74) is 1.24. The maximum absolute atomic E-state index is 5.45. The van der Waals surface area contributed by atoms with Crippen molar-refractivity contribution in [2.75, 3.05) is 27.7 Å². The van der Waals surface area contributed by atoms with Crippen LogP contribution in [0.15, 0.2) is 24.3 Å². The van der Waals surface area contributed by atoms with E-state index in [0.717, 1.165) is 18.3 Å². The van der Waals surface area contributed by atoms with E-state index in [2.05, 4.69) is 29.4 Å². The molecule has 1 N–H and O–H groups in total. The number of hydrogen-bond acceptors (Lipinski definition) is 3. The zero-order chi connectivity index (χ0) is 13.0. The van der Waals surface area contributed by atoms with E-state index in [1.807, 2.05) is 19.2 Å². The second-order valence-corrected chi connectivity index (χ2v) is 5.11. The van der Waals surface area contributed by atoms with Gasteiger partial charge in [0, 0.05) is 24.2 Å². The first-order valence-corrected chi connectivity index (χ1v) is 6.76. The fourth-order valence-electron chi connectivity index (χ4n) is 2.56. The van der Waals surface area contributed by atoms with Gasteiger partial charge >= 0.3 is 0 Å². The van der Waals surface area contributed by atoms with E-state index in [-0.39, 0.29) is 0 Å². The van der Waals surface area contributed by atoms with Crippen LogP contribution in [0.3, 0.4) is 0 Å². The Morgan fingerprint density at radius 3 is 2.67 bits per heavy atom. The van der Waals surface area contributed by atoms with Crippen LogP contribution in [0.25, 0.3) is 0 Å². The molecule has 100 valence electrons.